The summed E-state index contributed by atoms with van der Waals surface area (Å²) in [6, 6.07) is 2.66. The minimum Gasteiger partial charge on any atom is -0.395 e. The Balaban J connectivity index is 2.66. The average molecular weight is 216 g/mol. The van der Waals surface area contributed by atoms with E-state index in [2.05, 4.69) is 5.32 Å². The second-order valence-corrected chi connectivity index (χ2v) is 3.44. The number of nitrogens with zero attached hydrogens (tertiary/aromatic N) is 1. The molecule has 0 radical (unpaired) electrons. The van der Waals surface area contributed by atoms with Crippen molar-refractivity contribution in [2.75, 3.05) is 13.2 Å². The Bertz CT molecular complexity index is 349. The lowest BCUT2D eigenvalue weighted by atomic mass is 10.4. The smallest absolute Gasteiger partial charge is 0.324 e. The van der Waals surface area contributed by atoms with Gasteiger partial charge in [-0.15, -0.1) is 0 Å². The number of carbonyl (C=O) groups is 1. The lowest BCUT2D eigenvalue weighted by Crippen LogP contribution is -2.25. The first-order valence-electron chi connectivity index (χ1n) is 3.78. The number of aliphatic hydroxyl groups excluding tert-OH is 1. The standard InChI is InChI=1S/C7H8N2O4S/c10-4-3-8-7(11)5-1-2-6(14-5)9(12)13/h1-2,10H,3-4H2,(H,8,11). The molecule has 0 aliphatic carbocycles. The molecule has 1 amide bonds. The zero-order valence-electron chi connectivity index (χ0n) is 7.10. The van der Waals surface area contributed by atoms with Gasteiger partial charge in [0.1, 0.15) is 0 Å². The van der Waals surface area contributed by atoms with Gasteiger partial charge in [-0.25, -0.2) is 0 Å². The van der Waals surface area contributed by atoms with Crippen molar-refractivity contribution in [1.29, 1.82) is 0 Å². The number of nitro groups is 1. The molecule has 0 atom stereocenters. The quantitative estimate of drug-likeness (QED) is 0.562. The molecule has 1 aromatic heterocycles. The highest BCUT2D eigenvalue weighted by Gasteiger charge is 2.14. The summed E-state index contributed by atoms with van der Waals surface area (Å²) in [7, 11) is 0. The fourth-order valence-corrected chi connectivity index (χ4v) is 1.54. The fourth-order valence-electron chi connectivity index (χ4n) is 0.804. The molecule has 0 saturated heterocycles. The van der Waals surface area contributed by atoms with Gasteiger partial charge in [0.15, 0.2) is 0 Å². The third kappa shape index (κ3) is 2.51. The van der Waals surface area contributed by atoms with Crippen molar-refractivity contribution in [1.82, 2.24) is 5.32 Å². The van der Waals surface area contributed by atoms with E-state index in [0.717, 1.165) is 11.3 Å². The number of thiophene rings is 1. The maximum atomic E-state index is 11.2. The van der Waals surface area contributed by atoms with Gasteiger partial charge in [0.25, 0.3) is 5.91 Å². The van der Waals surface area contributed by atoms with E-state index in [1.807, 2.05) is 0 Å². The van der Waals surface area contributed by atoms with Crippen molar-refractivity contribution in [3.8, 4) is 0 Å². The lowest BCUT2D eigenvalue weighted by Gasteiger charge is -1.98. The topological polar surface area (TPSA) is 92.5 Å². The Labute approximate surface area is 83.3 Å². The van der Waals surface area contributed by atoms with Crippen LogP contribution in [0.4, 0.5) is 5.00 Å². The largest absolute Gasteiger partial charge is 0.395 e. The molecule has 1 rings (SSSR count). The number of hydrogen-bond acceptors (Lipinski definition) is 5. The maximum absolute atomic E-state index is 11.2. The third-order valence-electron chi connectivity index (χ3n) is 1.39. The molecule has 0 bridgehead atoms. The molecule has 14 heavy (non-hydrogen) atoms. The van der Waals surface area contributed by atoms with Crippen LogP contribution in [0.1, 0.15) is 9.67 Å². The number of hydrogen-bond donors (Lipinski definition) is 2. The van der Waals surface area contributed by atoms with E-state index in [4.69, 9.17) is 5.11 Å². The minimum absolute atomic E-state index is 0.0702. The Morgan fingerprint density at radius 3 is 2.86 bits per heavy atom. The Morgan fingerprint density at radius 2 is 2.36 bits per heavy atom. The molecule has 1 aromatic rings. The number of nitrogens with one attached hydrogen (secondary N) is 1. The van der Waals surface area contributed by atoms with Crippen LogP contribution in [0, 0.1) is 10.1 Å². The zero-order valence-corrected chi connectivity index (χ0v) is 7.91. The van der Waals surface area contributed by atoms with Gasteiger partial charge in [0, 0.05) is 12.6 Å². The van der Waals surface area contributed by atoms with Gasteiger partial charge in [-0.3, -0.25) is 14.9 Å². The summed E-state index contributed by atoms with van der Waals surface area (Å²) in [6.45, 7) is -0.0102. The summed E-state index contributed by atoms with van der Waals surface area (Å²) in [5.41, 5.74) is 0. The number of amides is 1. The highest BCUT2D eigenvalue weighted by atomic mass is 32.1. The summed E-state index contributed by atoms with van der Waals surface area (Å²) < 4.78 is 0. The van der Waals surface area contributed by atoms with Crippen LogP contribution < -0.4 is 5.32 Å². The maximum Gasteiger partial charge on any atom is 0.324 e. The highest BCUT2D eigenvalue weighted by Crippen LogP contribution is 2.23. The summed E-state index contributed by atoms with van der Waals surface area (Å²) in [5, 5.41) is 21.1. The molecule has 0 fully saturated rings. The molecule has 0 aliphatic heterocycles. The molecule has 0 aromatic carbocycles. The SMILES string of the molecule is O=C(NCCO)c1ccc([N+](=O)[O-])s1. The zero-order chi connectivity index (χ0) is 10.6. The first kappa shape index (κ1) is 10.6. The molecule has 1 heterocycles. The van der Waals surface area contributed by atoms with E-state index >= 15 is 0 Å². The predicted octanol–water partition coefficient (Wildman–Crippen LogP) is 0.378. The summed E-state index contributed by atoms with van der Waals surface area (Å²) in [5.74, 6) is -0.405. The normalized spacial score (nSPS) is 9.79. The van der Waals surface area contributed by atoms with E-state index in [9.17, 15) is 14.9 Å². The molecule has 6 nitrogen and oxygen atoms in total. The third-order valence-corrected chi connectivity index (χ3v) is 2.43. The van der Waals surface area contributed by atoms with Crippen LogP contribution in [-0.4, -0.2) is 29.1 Å². The van der Waals surface area contributed by atoms with Crippen molar-refractivity contribution in [2.45, 2.75) is 0 Å². The predicted molar refractivity (Wildman–Crippen MR) is 50.4 cm³/mol. The molecule has 7 heteroatoms. The van der Waals surface area contributed by atoms with Crippen LogP contribution in [0.25, 0.3) is 0 Å². The van der Waals surface area contributed by atoms with Crippen LogP contribution in [0.3, 0.4) is 0 Å². The van der Waals surface area contributed by atoms with Crippen LogP contribution in [0.2, 0.25) is 0 Å². The highest BCUT2D eigenvalue weighted by molar-refractivity contribution is 7.17. The van der Waals surface area contributed by atoms with Gasteiger partial charge in [0.2, 0.25) is 0 Å². The average Bonchev–Trinajstić information content (AvgIpc) is 2.62. The fraction of sp³-hybridized carbons (Fsp3) is 0.286. The number of rotatable bonds is 4. The molecular formula is C7H8N2O4S. The lowest BCUT2D eigenvalue weighted by molar-refractivity contribution is -0.380. The van der Waals surface area contributed by atoms with Crippen LogP contribution in [0.5, 0.6) is 0 Å². The molecule has 0 aliphatic rings. The van der Waals surface area contributed by atoms with E-state index in [1.165, 1.54) is 12.1 Å². The summed E-state index contributed by atoms with van der Waals surface area (Å²) >= 11 is 0.807. The molecule has 0 saturated carbocycles. The molecule has 2 N–H and O–H groups in total. The monoisotopic (exact) mass is 216 g/mol. The Morgan fingerprint density at radius 1 is 1.64 bits per heavy atom. The van der Waals surface area contributed by atoms with Gasteiger partial charge < -0.3 is 10.4 Å². The van der Waals surface area contributed by atoms with E-state index < -0.39 is 10.8 Å². The van der Waals surface area contributed by atoms with Gasteiger partial charge in [-0.1, -0.05) is 11.3 Å². The van der Waals surface area contributed by atoms with Gasteiger partial charge >= 0.3 is 5.00 Å². The van der Waals surface area contributed by atoms with Crippen molar-refractivity contribution >= 4 is 22.2 Å². The van der Waals surface area contributed by atoms with Crippen molar-refractivity contribution in [2.24, 2.45) is 0 Å². The van der Waals surface area contributed by atoms with Gasteiger partial charge in [-0.05, 0) is 6.07 Å². The molecule has 0 unspecified atom stereocenters. The van der Waals surface area contributed by atoms with E-state index in [-0.39, 0.29) is 23.0 Å². The number of aliphatic hydroxyl groups is 1. The van der Waals surface area contributed by atoms with Crippen LogP contribution >= 0.6 is 11.3 Å². The first-order chi connectivity index (χ1) is 6.65. The second kappa shape index (κ2) is 4.68. The summed E-state index contributed by atoms with van der Waals surface area (Å²) in [4.78, 5) is 21.2. The summed E-state index contributed by atoms with van der Waals surface area (Å²) in [6.07, 6.45) is 0. The van der Waals surface area contributed by atoms with E-state index in [1.54, 1.807) is 0 Å². The minimum atomic E-state index is -0.548. The molecule has 0 spiro atoms. The van der Waals surface area contributed by atoms with Gasteiger partial charge in [-0.2, -0.15) is 0 Å². The van der Waals surface area contributed by atoms with E-state index in [0.29, 0.717) is 0 Å². The van der Waals surface area contributed by atoms with Crippen molar-refractivity contribution in [3.05, 3.63) is 27.1 Å². The molecule has 76 valence electrons. The Hall–Kier alpha value is -1.47. The Kier molecular flexibility index (Phi) is 3.55. The first-order valence-corrected chi connectivity index (χ1v) is 4.60. The second-order valence-electron chi connectivity index (χ2n) is 2.37. The van der Waals surface area contributed by atoms with Crippen molar-refractivity contribution in [3.63, 3.8) is 0 Å². The van der Waals surface area contributed by atoms with Gasteiger partial charge in [0.05, 0.1) is 16.4 Å². The van der Waals surface area contributed by atoms with Crippen molar-refractivity contribution < 1.29 is 14.8 Å². The van der Waals surface area contributed by atoms with Crippen LogP contribution in [-0.2, 0) is 0 Å². The van der Waals surface area contributed by atoms with Crippen LogP contribution in [0.15, 0.2) is 12.1 Å². The number of carbonyl (C=O) groups excluding carboxylic acids is 1. The molecular weight excluding hydrogens is 208 g/mol.